The first-order valence-electron chi connectivity index (χ1n) is 15.4. The maximum atomic E-state index is 5.34. The summed E-state index contributed by atoms with van der Waals surface area (Å²) in [4.78, 5) is 5.34. The summed E-state index contributed by atoms with van der Waals surface area (Å²) in [7, 11) is 0. The average molecular weight is 564 g/mol. The quantitative estimate of drug-likeness (QED) is 0.194. The highest BCUT2D eigenvalue weighted by atomic mass is 14.7. The van der Waals surface area contributed by atoms with Gasteiger partial charge in [-0.3, -0.25) is 0 Å². The lowest BCUT2D eigenvalue weighted by molar-refractivity contribution is 0.655. The van der Waals surface area contributed by atoms with Gasteiger partial charge in [-0.05, 0) is 97.6 Å². The summed E-state index contributed by atoms with van der Waals surface area (Å²) in [6, 6.07) is 42.0. The zero-order valence-corrected chi connectivity index (χ0v) is 25.4. The molecule has 0 atom stereocenters. The van der Waals surface area contributed by atoms with Crippen LogP contribution in [0.1, 0.15) is 31.9 Å². The van der Waals surface area contributed by atoms with Gasteiger partial charge in [-0.2, -0.15) is 0 Å². The van der Waals surface area contributed by atoms with Gasteiger partial charge in [-0.15, -0.1) is 0 Å². The number of fused-ring (bicyclic) bond motifs is 7. The van der Waals surface area contributed by atoms with Gasteiger partial charge in [0.15, 0.2) is 0 Å². The van der Waals surface area contributed by atoms with Crippen molar-refractivity contribution in [2.75, 3.05) is 0 Å². The molecule has 1 aromatic heterocycles. The van der Waals surface area contributed by atoms with E-state index in [0.717, 1.165) is 16.8 Å². The standard InChI is InChI=1S/C43H33N/c1-5-14-33-37-25-36-34-21-11-12-22-41(34)44-42(38(36)26-40(37)43(3,4)39(33)6-2)29-17-13-16-27(23-29)35-24-28-15-7-8-18-30(28)31-19-9-10-20-32(31)35/h5-26H,2H2,1,3-4H3/b14-5-. The highest BCUT2D eigenvalue weighted by molar-refractivity contribution is 6.15. The number of allylic oxidation sites excluding steroid dienone is 5. The van der Waals surface area contributed by atoms with Gasteiger partial charge in [0.1, 0.15) is 0 Å². The molecule has 0 amide bonds. The Hall–Kier alpha value is -5.27. The molecule has 0 bridgehead atoms. The first kappa shape index (κ1) is 26.4. The molecule has 8 rings (SSSR count). The number of para-hydroxylation sites is 1. The molecule has 6 aromatic carbocycles. The molecule has 0 saturated heterocycles. The summed E-state index contributed by atoms with van der Waals surface area (Å²) in [6.45, 7) is 10.9. The fourth-order valence-electron chi connectivity index (χ4n) is 7.42. The van der Waals surface area contributed by atoms with Gasteiger partial charge >= 0.3 is 0 Å². The molecule has 0 saturated carbocycles. The van der Waals surface area contributed by atoms with Crippen molar-refractivity contribution in [3.05, 3.63) is 157 Å². The number of nitrogens with zero attached hydrogens (tertiary/aromatic N) is 1. The van der Waals surface area contributed by atoms with E-state index >= 15 is 0 Å². The molecule has 0 fully saturated rings. The van der Waals surface area contributed by atoms with Crippen LogP contribution in [0.15, 0.2) is 146 Å². The lowest BCUT2D eigenvalue weighted by Crippen LogP contribution is -2.16. The van der Waals surface area contributed by atoms with Crippen molar-refractivity contribution in [2.45, 2.75) is 26.2 Å². The zero-order chi connectivity index (χ0) is 30.0. The van der Waals surface area contributed by atoms with Gasteiger partial charge in [-0.25, -0.2) is 4.98 Å². The third-order valence-corrected chi connectivity index (χ3v) is 9.52. The van der Waals surface area contributed by atoms with Crippen molar-refractivity contribution in [1.82, 2.24) is 4.98 Å². The SMILES string of the molecule is C=CC1=C(/C=C\C)c2cc3c(cc2C1(C)C)c(-c1cccc(-c2cc4ccccc4c4ccccc24)c1)nc1ccccc13. The molecular weight excluding hydrogens is 530 g/mol. The summed E-state index contributed by atoms with van der Waals surface area (Å²) in [5.74, 6) is 0. The van der Waals surface area contributed by atoms with E-state index in [1.54, 1.807) is 0 Å². The highest BCUT2D eigenvalue weighted by Gasteiger charge is 2.36. The number of pyridine rings is 1. The Morgan fingerprint density at radius 3 is 2.11 bits per heavy atom. The van der Waals surface area contributed by atoms with E-state index in [4.69, 9.17) is 4.98 Å². The van der Waals surface area contributed by atoms with Crippen molar-refractivity contribution in [1.29, 1.82) is 0 Å². The molecule has 7 aromatic rings. The largest absolute Gasteiger partial charge is 0.247 e. The molecule has 1 heterocycles. The van der Waals surface area contributed by atoms with E-state index in [1.807, 2.05) is 6.08 Å². The molecule has 1 heteroatoms. The van der Waals surface area contributed by atoms with Crippen LogP contribution in [-0.2, 0) is 5.41 Å². The number of aromatic nitrogens is 1. The van der Waals surface area contributed by atoms with E-state index in [1.165, 1.54) is 71.1 Å². The van der Waals surface area contributed by atoms with Crippen LogP contribution < -0.4 is 0 Å². The van der Waals surface area contributed by atoms with Gasteiger partial charge in [0.05, 0.1) is 11.2 Å². The minimum absolute atomic E-state index is 0.158. The fourth-order valence-corrected chi connectivity index (χ4v) is 7.42. The molecule has 210 valence electrons. The second-order valence-corrected chi connectivity index (χ2v) is 12.3. The van der Waals surface area contributed by atoms with E-state index in [9.17, 15) is 0 Å². The van der Waals surface area contributed by atoms with Crippen molar-refractivity contribution in [3.8, 4) is 22.4 Å². The van der Waals surface area contributed by atoms with Crippen molar-refractivity contribution in [3.63, 3.8) is 0 Å². The molecule has 44 heavy (non-hydrogen) atoms. The van der Waals surface area contributed by atoms with E-state index in [0.29, 0.717) is 0 Å². The third-order valence-electron chi connectivity index (χ3n) is 9.52. The highest BCUT2D eigenvalue weighted by Crippen LogP contribution is 2.50. The maximum Gasteiger partial charge on any atom is 0.0788 e. The first-order chi connectivity index (χ1) is 21.5. The van der Waals surface area contributed by atoms with Crippen LogP contribution >= 0.6 is 0 Å². The number of hydrogen-bond donors (Lipinski definition) is 0. The molecule has 0 spiro atoms. The smallest absolute Gasteiger partial charge is 0.0788 e. The third kappa shape index (κ3) is 3.82. The van der Waals surface area contributed by atoms with Crippen LogP contribution in [0.5, 0.6) is 0 Å². The van der Waals surface area contributed by atoms with Crippen LogP contribution in [0.3, 0.4) is 0 Å². The monoisotopic (exact) mass is 563 g/mol. The topological polar surface area (TPSA) is 12.9 Å². The number of rotatable bonds is 4. The molecule has 1 nitrogen and oxygen atoms in total. The maximum absolute atomic E-state index is 5.34. The molecule has 0 N–H and O–H groups in total. The molecule has 0 radical (unpaired) electrons. The predicted octanol–water partition coefficient (Wildman–Crippen LogP) is 11.8. The molecule has 1 aliphatic carbocycles. The van der Waals surface area contributed by atoms with E-state index < -0.39 is 0 Å². The summed E-state index contributed by atoms with van der Waals surface area (Å²) in [6.07, 6.45) is 6.40. The lowest BCUT2D eigenvalue weighted by atomic mass is 9.80. The van der Waals surface area contributed by atoms with Gasteiger partial charge in [0, 0.05) is 21.8 Å². The minimum Gasteiger partial charge on any atom is -0.247 e. The van der Waals surface area contributed by atoms with Crippen molar-refractivity contribution < 1.29 is 0 Å². The second kappa shape index (κ2) is 9.89. The number of benzene rings is 6. The molecule has 1 aliphatic rings. The number of hydrogen-bond acceptors (Lipinski definition) is 1. The zero-order valence-electron chi connectivity index (χ0n) is 25.4. The van der Waals surface area contributed by atoms with Gasteiger partial charge < -0.3 is 0 Å². The predicted molar refractivity (Wildman–Crippen MR) is 190 cm³/mol. The van der Waals surface area contributed by atoms with E-state index in [-0.39, 0.29) is 5.41 Å². The summed E-state index contributed by atoms with van der Waals surface area (Å²) in [5, 5.41) is 8.66. The molecule has 0 aliphatic heterocycles. The Kier molecular flexibility index (Phi) is 5.93. The van der Waals surface area contributed by atoms with Crippen LogP contribution in [0.4, 0.5) is 0 Å². The Morgan fingerprint density at radius 1 is 0.614 bits per heavy atom. The van der Waals surface area contributed by atoms with Gasteiger partial charge in [0.25, 0.3) is 0 Å². The Labute approximate surface area is 258 Å². The van der Waals surface area contributed by atoms with Crippen molar-refractivity contribution in [2.24, 2.45) is 0 Å². The summed E-state index contributed by atoms with van der Waals surface area (Å²) in [5.41, 5.74) is 10.6. The molecule has 0 unspecified atom stereocenters. The first-order valence-corrected chi connectivity index (χ1v) is 15.4. The van der Waals surface area contributed by atoms with E-state index in [2.05, 4.69) is 155 Å². The Bertz CT molecular complexity index is 2380. The molecular formula is C43H33N. The van der Waals surface area contributed by atoms with Crippen molar-refractivity contribution >= 4 is 48.8 Å². The van der Waals surface area contributed by atoms with Crippen LogP contribution in [0.2, 0.25) is 0 Å². The fraction of sp³-hybridized carbons (Fsp3) is 0.0930. The summed E-state index contributed by atoms with van der Waals surface area (Å²) < 4.78 is 0. The van der Waals surface area contributed by atoms with Crippen LogP contribution in [0.25, 0.3) is 71.2 Å². The van der Waals surface area contributed by atoms with Gasteiger partial charge in [0.2, 0.25) is 0 Å². The summed E-state index contributed by atoms with van der Waals surface area (Å²) >= 11 is 0. The minimum atomic E-state index is -0.158. The van der Waals surface area contributed by atoms with Gasteiger partial charge in [-0.1, -0.05) is 124 Å². The Morgan fingerprint density at radius 2 is 1.32 bits per heavy atom. The Balaban J connectivity index is 1.41. The lowest BCUT2D eigenvalue weighted by Gasteiger charge is -2.23. The average Bonchev–Trinajstić information content (AvgIpc) is 3.27. The van der Waals surface area contributed by atoms with Crippen LogP contribution in [-0.4, -0.2) is 4.98 Å². The normalized spacial score (nSPS) is 14.3. The second-order valence-electron chi connectivity index (χ2n) is 12.3. The van der Waals surface area contributed by atoms with Crippen LogP contribution in [0, 0.1) is 0 Å².